The molecule has 3 aliphatic rings. The number of nitrogens with zero attached hydrogens (tertiary/aromatic N) is 1. The Morgan fingerprint density at radius 3 is 1.91 bits per heavy atom. The van der Waals surface area contributed by atoms with E-state index in [2.05, 4.69) is 58.0 Å². The second-order valence-corrected chi connectivity index (χ2v) is 10.5. The molecule has 0 N–H and O–H groups in total. The van der Waals surface area contributed by atoms with E-state index in [1.165, 1.54) is 38.3 Å². The minimum Gasteiger partial charge on any atom is -0.268 e. The van der Waals surface area contributed by atoms with Crippen LogP contribution >= 0.6 is 0 Å². The van der Waals surface area contributed by atoms with Gasteiger partial charge in [-0.25, -0.2) is 4.90 Å². The van der Waals surface area contributed by atoms with Crippen molar-refractivity contribution in [3.63, 3.8) is 0 Å². The molecule has 0 bridgehead atoms. The molecule has 0 atom stereocenters. The molecule has 1 heterocycles. The van der Waals surface area contributed by atoms with Gasteiger partial charge in [-0.3, -0.25) is 9.59 Å². The lowest BCUT2D eigenvalue weighted by molar-refractivity contribution is 0.0893. The van der Waals surface area contributed by atoms with Crippen LogP contribution in [0.4, 0.5) is 5.69 Å². The fraction of sp³-hybridized carbons (Fsp3) is 0.200. The first-order chi connectivity index (χ1) is 15.7. The molecule has 33 heavy (non-hydrogen) atoms. The first-order valence-electron chi connectivity index (χ1n) is 11.5. The molecular weight excluding hydrogens is 406 g/mol. The second kappa shape index (κ2) is 5.60. The fourth-order valence-corrected chi connectivity index (χ4v) is 6.48. The predicted octanol–water partition coefficient (Wildman–Crippen LogP) is 6.59. The van der Waals surface area contributed by atoms with Crippen LogP contribution in [-0.4, -0.2) is 11.8 Å². The van der Waals surface area contributed by atoms with E-state index < -0.39 is 0 Å². The number of rotatable bonds is 1. The molecule has 2 amide bonds. The molecule has 1 aliphatic heterocycles. The fourth-order valence-electron chi connectivity index (χ4n) is 6.48. The molecule has 4 aromatic rings. The van der Waals surface area contributed by atoms with Crippen LogP contribution in [0.5, 0.6) is 0 Å². The Morgan fingerprint density at radius 1 is 0.576 bits per heavy atom. The van der Waals surface area contributed by atoms with Crippen LogP contribution in [0.3, 0.4) is 0 Å². The van der Waals surface area contributed by atoms with Crippen LogP contribution in [0.25, 0.3) is 21.9 Å². The molecule has 0 unspecified atom stereocenters. The highest BCUT2D eigenvalue weighted by molar-refractivity contribution is 6.37. The summed E-state index contributed by atoms with van der Waals surface area (Å²) in [7, 11) is 0. The third-order valence-electron chi connectivity index (χ3n) is 8.17. The average Bonchev–Trinajstić information content (AvgIpc) is 3.04. The normalized spacial score (nSPS) is 18.2. The molecule has 2 aliphatic carbocycles. The predicted molar refractivity (Wildman–Crippen MR) is 131 cm³/mol. The van der Waals surface area contributed by atoms with Gasteiger partial charge < -0.3 is 0 Å². The van der Waals surface area contributed by atoms with E-state index in [9.17, 15) is 9.59 Å². The van der Waals surface area contributed by atoms with Crippen molar-refractivity contribution in [3.8, 4) is 11.1 Å². The summed E-state index contributed by atoms with van der Waals surface area (Å²) >= 11 is 0. The second-order valence-electron chi connectivity index (χ2n) is 10.5. The van der Waals surface area contributed by atoms with Gasteiger partial charge in [0.1, 0.15) is 0 Å². The number of benzene rings is 4. The number of amides is 2. The summed E-state index contributed by atoms with van der Waals surface area (Å²) in [5.41, 5.74) is 8.89. The van der Waals surface area contributed by atoms with Crippen molar-refractivity contribution in [2.75, 3.05) is 4.90 Å². The molecule has 3 nitrogen and oxygen atoms in total. The Labute approximate surface area is 192 Å². The molecule has 0 spiro atoms. The van der Waals surface area contributed by atoms with Gasteiger partial charge in [0.15, 0.2) is 0 Å². The summed E-state index contributed by atoms with van der Waals surface area (Å²) in [6, 6.07) is 22.0. The Balaban J connectivity index is 1.67. The zero-order chi connectivity index (χ0) is 22.9. The van der Waals surface area contributed by atoms with Crippen LogP contribution in [0.15, 0.2) is 66.7 Å². The molecule has 7 rings (SSSR count). The number of hydrogen-bond acceptors (Lipinski definition) is 2. The molecule has 160 valence electrons. The van der Waals surface area contributed by atoms with Crippen molar-refractivity contribution in [2.24, 2.45) is 0 Å². The Kier molecular flexibility index (Phi) is 3.20. The van der Waals surface area contributed by atoms with Gasteiger partial charge >= 0.3 is 0 Å². The Morgan fingerprint density at radius 2 is 1.21 bits per heavy atom. The molecular formula is C30H23NO2. The van der Waals surface area contributed by atoms with Crippen molar-refractivity contribution in [1.29, 1.82) is 0 Å². The highest BCUT2D eigenvalue weighted by atomic mass is 16.2. The lowest BCUT2D eigenvalue weighted by Gasteiger charge is -2.37. The summed E-state index contributed by atoms with van der Waals surface area (Å²) in [5.74, 6) is -0.492. The van der Waals surface area contributed by atoms with Crippen molar-refractivity contribution >= 4 is 28.3 Å². The lowest BCUT2D eigenvalue weighted by Crippen LogP contribution is -2.41. The molecule has 0 fully saturated rings. The summed E-state index contributed by atoms with van der Waals surface area (Å²) in [5, 5.41) is 1.91. The van der Waals surface area contributed by atoms with E-state index in [-0.39, 0.29) is 22.6 Å². The highest BCUT2D eigenvalue weighted by Crippen LogP contribution is 2.60. The Hall–Kier alpha value is -3.72. The minimum absolute atomic E-state index is 0.224. The quantitative estimate of drug-likeness (QED) is 0.320. The van der Waals surface area contributed by atoms with Gasteiger partial charge in [0.25, 0.3) is 11.8 Å². The van der Waals surface area contributed by atoms with Gasteiger partial charge in [0, 0.05) is 27.3 Å². The van der Waals surface area contributed by atoms with Crippen molar-refractivity contribution in [1.82, 2.24) is 0 Å². The molecule has 0 radical (unpaired) electrons. The largest absolute Gasteiger partial charge is 0.268 e. The van der Waals surface area contributed by atoms with E-state index in [0.29, 0.717) is 16.8 Å². The van der Waals surface area contributed by atoms with Crippen molar-refractivity contribution in [2.45, 2.75) is 38.5 Å². The smallest absolute Gasteiger partial charge is 0.265 e. The average molecular weight is 430 g/mol. The van der Waals surface area contributed by atoms with Gasteiger partial charge in [-0.1, -0.05) is 70.2 Å². The zero-order valence-corrected chi connectivity index (χ0v) is 19.1. The number of anilines is 1. The SMILES string of the molecule is CC1(C)c2cccc3c2-c2c1cc1c4c(ccc(c24)C3(C)C)C(=O)N(c2ccccc2)C1=O. The maximum Gasteiger partial charge on any atom is 0.265 e. The van der Waals surface area contributed by atoms with Crippen LogP contribution in [-0.2, 0) is 10.8 Å². The van der Waals surface area contributed by atoms with E-state index >= 15 is 0 Å². The monoisotopic (exact) mass is 429 g/mol. The number of carbonyl (C=O) groups is 2. The molecule has 0 aromatic heterocycles. The van der Waals surface area contributed by atoms with E-state index in [1.54, 1.807) is 0 Å². The summed E-state index contributed by atoms with van der Waals surface area (Å²) < 4.78 is 0. The first-order valence-corrected chi connectivity index (χ1v) is 11.5. The summed E-state index contributed by atoms with van der Waals surface area (Å²) in [4.78, 5) is 28.9. The third kappa shape index (κ3) is 1.98. The van der Waals surface area contributed by atoms with Crippen molar-refractivity contribution in [3.05, 3.63) is 100 Å². The molecule has 4 aromatic carbocycles. The number of para-hydroxylation sites is 1. The standard InChI is InChI=1S/C30H23NO2/c1-29(2)19-11-8-12-20-24(19)26-22(30(20,3)4)15-18-23-17(13-14-21(29)25(23)26)27(32)31(28(18)33)16-9-6-5-7-10-16/h5-15H,1-4H3. The first kappa shape index (κ1) is 18.8. The lowest BCUT2D eigenvalue weighted by atomic mass is 9.67. The van der Waals surface area contributed by atoms with E-state index in [1.807, 2.05) is 36.4 Å². The highest BCUT2D eigenvalue weighted by Gasteiger charge is 2.47. The van der Waals surface area contributed by atoms with Crippen LogP contribution in [0.1, 0.15) is 70.7 Å². The van der Waals surface area contributed by atoms with Crippen LogP contribution in [0, 0.1) is 0 Å². The number of imide groups is 1. The van der Waals surface area contributed by atoms with Gasteiger partial charge in [0.2, 0.25) is 0 Å². The topological polar surface area (TPSA) is 37.4 Å². The third-order valence-corrected chi connectivity index (χ3v) is 8.17. The summed E-state index contributed by atoms with van der Waals surface area (Å²) in [6.07, 6.45) is 0. The van der Waals surface area contributed by atoms with Gasteiger partial charge in [0.05, 0.1) is 5.69 Å². The summed E-state index contributed by atoms with van der Waals surface area (Å²) in [6.45, 7) is 9.00. The van der Waals surface area contributed by atoms with E-state index in [4.69, 9.17) is 0 Å². The number of carbonyl (C=O) groups excluding carboxylic acids is 2. The number of hydrogen-bond donors (Lipinski definition) is 0. The van der Waals surface area contributed by atoms with Gasteiger partial charge in [-0.2, -0.15) is 0 Å². The maximum atomic E-state index is 13.9. The van der Waals surface area contributed by atoms with E-state index in [0.717, 1.165) is 10.8 Å². The van der Waals surface area contributed by atoms with Crippen LogP contribution in [0.2, 0.25) is 0 Å². The van der Waals surface area contributed by atoms with Gasteiger partial charge in [-0.15, -0.1) is 0 Å². The van der Waals surface area contributed by atoms with Gasteiger partial charge in [-0.05, 0) is 63.0 Å². The minimum atomic E-state index is -0.251. The molecule has 0 saturated heterocycles. The molecule has 0 saturated carbocycles. The zero-order valence-electron chi connectivity index (χ0n) is 19.1. The van der Waals surface area contributed by atoms with Crippen LogP contribution < -0.4 is 4.90 Å². The maximum absolute atomic E-state index is 13.9. The Bertz CT molecular complexity index is 1590. The molecule has 3 heteroatoms. The van der Waals surface area contributed by atoms with Crippen molar-refractivity contribution < 1.29 is 9.59 Å².